The predicted octanol–water partition coefficient (Wildman–Crippen LogP) is 2.48. The van der Waals surface area contributed by atoms with Crippen molar-refractivity contribution >= 4 is 41.0 Å². The van der Waals surface area contributed by atoms with Crippen LogP contribution in [-0.4, -0.2) is 111 Å². The van der Waals surface area contributed by atoms with Crippen LogP contribution >= 0.6 is 0 Å². The topological polar surface area (TPSA) is 216 Å². The van der Waals surface area contributed by atoms with Crippen LogP contribution in [0, 0.1) is 5.92 Å². The van der Waals surface area contributed by atoms with Gasteiger partial charge in [-0.25, -0.2) is 0 Å². The molecule has 4 rings (SSSR count). The molecule has 274 valence electrons. The number of hydrogen-bond acceptors (Lipinski definition) is 14. The lowest BCUT2D eigenvalue weighted by Gasteiger charge is -2.13. The lowest BCUT2D eigenvalue weighted by molar-refractivity contribution is -0.123. The molecule has 1 unspecified atom stereocenters. The number of nitrogens with zero attached hydrogens (tertiary/aromatic N) is 3. The number of anilines is 5. The van der Waals surface area contributed by atoms with Crippen LogP contribution in [0.5, 0.6) is 5.75 Å². The number of nitrogens with one attached hydrogen (secondary N) is 5. The summed E-state index contributed by atoms with van der Waals surface area (Å²) in [6, 6.07) is 13.5. The summed E-state index contributed by atoms with van der Waals surface area (Å²) < 4.78 is 21.9. The molecule has 0 spiro atoms. The monoisotopic (exact) mass is 705 g/mol. The van der Waals surface area contributed by atoms with Gasteiger partial charge in [-0.15, -0.1) is 0 Å². The molecule has 0 bridgehead atoms. The zero-order valence-electron chi connectivity index (χ0n) is 28.5. The molecule has 3 aromatic rings. The van der Waals surface area contributed by atoms with E-state index < -0.39 is 0 Å². The van der Waals surface area contributed by atoms with E-state index in [4.69, 9.17) is 24.7 Å². The van der Waals surface area contributed by atoms with E-state index in [-0.39, 0.29) is 35.4 Å². The van der Waals surface area contributed by atoms with Crippen LogP contribution in [0.25, 0.3) is 0 Å². The van der Waals surface area contributed by atoms with E-state index in [0.717, 1.165) is 0 Å². The molecule has 0 saturated carbocycles. The maximum Gasteiger partial charge on any atom is 0.251 e. The number of hydrogen-bond donors (Lipinski definition) is 7. The maximum atomic E-state index is 12.5. The van der Waals surface area contributed by atoms with E-state index in [1.54, 1.807) is 48.5 Å². The third-order valence-corrected chi connectivity index (χ3v) is 7.07. The van der Waals surface area contributed by atoms with E-state index in [2.05, 4.69) is 41.5 Å². The third kappa shape index (κ3) is 15.1. The van der Waals surface area contributed by atoms with E-state index >= 15 is 0 Å². The lowest BCUT2D eigenvalue weighted by Crippen LogP contribution is -2.32. The van der Waals surface area contributed by atoms with Crippen LogP contribution in [-0.2, 0) is 23.7 Å². The number of carbonyl (C=O) groups excluding carboxylic acids is 2. The summed E-state index contributed by atoms with van der Waals surface area (Å²) in [6.45, 7) is 4.95. The van der Waals surface area contributed by atoms with Gasteiger partial charge in [-0.2, -0.15) is 15.0 Å². The summed E-state index contributed by atoms with van der Waals surface area (Å²) in [7, 11) is 0. The third-order valence-electron chi connectivity index (χ3n) is 7.07. The van der Waals surface area contributed by atoms with Crippen molar-refractivity contribution in [3.8, 4) is 5.75 Å². The fraction of sp³-hybridized carbons (Fsp3) is 0.400. The molecule has 1 aromatic heterocycles. The molecule has 2 amide bonds. The molecule has 8 N–H and O–H groups in total. The molecular weight excluding hydrogens is 658 g/mol. The van der Waals surface area contributed by atoms with Gasteiger partial charge in [-0.1, -0.05) is 30.4 Å². The predicted molar refractivity (Wildman–Crippen MR) is 193 cm³/mol. The van der Waals surface area contributed by atoms with E-state index in [0.29, 0.717) is 108 Å². The smallest absolute Gasteiger partial charge is 0.251 e. The van der Waals surface area contributed by atoms with E-state index in [9.17, 15) is 14.7 Å². The van der Waals surface area contributed by atoms with Crippen molar-refractivity contribution in [2.45, 2.75) is 6.42 Å². The number of carbonyl (C=O) groups is 2. The number of rotatable bonds is 24. The first-order valence-electron chi connectivity index (χ1n) is 16.8. The van der Waals surface area contributed by atoms with Crippen LogP contribution in [0.2, 0.25) is 0 Å². The molecule has 1 aliphatic rings. The average molecular weight is 706 g/mol. The molecule has 0 radical (unpaired) electrons. The Kier molecular flexibility index (Phi) is 17.1. The number of nitrogens with two attached hydrogens (primary N) is 1. The van der Waals surface area contributed by atoms with Gasteiger partial charge >= 0.3 is 0 Å². The normalized spacial score (nSPS) is 13.5. The molecule has 0 aliphatic heterocycles. The molecule has 1 aliphatic carbocycles. The summed E-state index contributed by atoms with van der Waals surface area (Å²) in [5, 5.41) is 24.9. The van der Waals surface area contributed by atoms with Gasteiger partial charge in [0, 0.05) is 49.2 Å². The van der Waals surface area contributed by atoms with Crippen LogP contribution < -0.4 is 32.3 Å². The Labute approximate surface area is 297 Å². The summed E-state index contributed by atoms with van der Waals surface area (Å²) in [4.78, 5) is 38.1. The van der Waals surface area contributed by atoms with Crippen molar-refractivity contribution in [2.75, 3.05) is 95.0 Å². The molecule has 0 saturated heterocycles. The number of phenols is 1. The van der Waals surface area contributed by atoms with Crippen LogP contribution in [0.4, 0.5) is 29.2 Å². The van der Waals surface area contributed by atoms with Gasteiger partial charge in [0.2, 0.25) is 23.8 Å². The Balaban J connectivity index is 1.21. The zero-order valence-corrected chi connectivity index (χ0v) is 28.5. The second-order valence-electron chi connectivity index (χ2n) is 11.1. The maximum absolute atomic E-state index is 12.5. The van der Waals surface area contributed by atoms with Crippen LogP contribution in [0.15, 0.2) is 72.8 Å². The Morgan fingerprint density at radius 1 is 0.725 bits per heavy atom. The van der Waals surface area contributed by atoms with Crippen LogP contribution in [0.1, 0.15) is 16.8 Å². The Hall–Kier alpha value is -5.13. The first-order chi connectivity index (χ1) is 25.0. The van der Waals surface area contributed by atoms with Crippen molar-refractivity contribution in [3.05, 3.63) is 78.4 Å². The minimum absolute atomic E-state index is 0.00379. The first-order valence-corrected chi connectivity index (χ1v) is 16.8. The fourth-order valence-electron chi connectivity index (χ4n) is 4.57. The summed E-state index contributed by atoms with van der Waals surface area (Å²) in [5.41, 5.74) is 7.10. The number of aromatic nitrogens is 3. The SMILES string of the molecule is NCCOCCOCCNC(=O)c1ccc(Nc2nc(NCCOCCOCCNC(=O)C3C=CC=CC3)nc(Nc3cccc(O)c3)n2)cc1. The van der Waals surface area contributed by atoms with Gasteiger partial charge in [-0.05, 0) is 42.8 Å². The van der Waals surface area contributed by atoms with Crippen molar-refractivity contribution in [3.63, 3.8) is 0 Å². The second kappa shape index (κ2) is 22.6. The van der Waals surface area contributed by atoms with Gasteiger partial charge in [0.05, 0.1) is 58.8 Å². The average Bonchev–Trinajstić information content (AvgIpc) is 3.14. The number of phenolic OH excluding ortho intramolecular Hbond substituents is 1. The molecule has 1 atom stereocenters. The highest BCUT2D eigenvalue weighted by molar-refractivity contribution is 5.94. The zero-order chi connectivity index (χ0) is 35.9. The number of allylic oxidation sites excluding steroid dienone is 3. The van der Waals surface area contributed by atoms with Crippen molar-refractivity contribution in [2.24, 2.45) is 11.7 Å². The summed E-state index contributed by atoms with van der Waals surface area (Å²) in [6.07, 6.45) is 8.40. The standard InChI is InChI=1S/C35H47N9O7/c36-13-17-48-21-22-49-19-15-38-32(47)27-9-11-28(12-10-27)40-34-42-33(43-35(44-34)41-29-7-4-8-30(45)25-29)39-16-20-51-24-23-50-18-14-37-31(46)26-5-2-1-3-6-26/h1-5,7-12,25-26,45H,6,13-24,36H2,(H,37,46)(H,38,47)(H3,39,40,41,42,43,44). The van der Waals surface area contributed by atoms with E-state index in [1.165, 1.54) is 0 Å². The summed E-state index contributed by atoms with van der Waals surface area (Å²) in [5.74, 6) is 0.517. The fourth-order valence-corrected chi connectivity index (χ4v) is 4.57. The minimum atomic E-state index is -0.225. The van der Waals surface area contributed by atoms with Crippen molar-refractivity contribution in [1.29, 1.82) is 0 Å². The quantitative estimate of drug-likeness (QED) is 0.0667. The highest BCUT2D eigenvalue weighted by Gasteiger charge is 2.14. The van der Waals surface area contributed by atoms with Gasteiger partial charge in [0.25, 0.3) is 5.91 Å². The molecule has 2 aromatic carbocycles. The number of benzene rings is 2. The second-order valence-corrected chi connectivity index (χ2v) is 11.1. The minimum Gasteiger partial charge on any atom is -0.508 e. The Bertz CT molecular complexity index is 1560. The van der Waals surface area contributed by atoms with Gasteiger partial charge < -0.3 is 56.4 Å². The van der Waals surface area contributed by atoms with Gasteiger partial charge in [0.1, 0.15) is 5.75 Å². The Morgan fingerprint density at radius 3 is 2.00 bits per heavy atom. The highest BCUT2D eigenvalue weighted by atomic mass is 16.5. The summed E-state index contributed by atoms with van der Waals surface area (Å²) >= 11 is 0. The number of ether oxygens (including phenoxy) is 4. The molecule has 16 heteroatoms. The number of amides is 2. The molecule has 1 heterocycles. The molecular formula is C35H47N9O7. The number of aromatic hydroxyl groups is 1. The van der Waals surface area contributed by atoms with Gasteiger partial charge in [0.15, 0.2) is 0 Å². The lowest BCUT2D eigenvalue weighted by atomic mass is 10.0. The molecule has 0 fully saturated rings. The van der Waals surface area contributed by atoms with Crippen molar-refractivity contribution < 1.29 is 33.6 Å². The van der Waals surface area contributed by atoms with Crippen LogP contribution in [0.3, 0.4) is 0 Å². The molecule has 51 heavy (non-hydrogen) atoms. The Morgan fingerprint density at radius 2 is 1.35 bits per heavy atom. The first kappa shape index (κ1) is 38.7. The van der Waals surface area contributed by atoms with Gasteiger partial charge in [-0.3, -0.25) is 9.59 Å². The van der Waals surface area contributed by atoms with Crippen molar-refractivity contribution in [1.82, 2.24) is 25.6 Å². The largest absolute Gasteiger partial charge is 0.508 e. The molecule has 16 nitrogen and oxygen atoms in total. The van der Waals surface area contributed by atoms with E-state index in [1.807, 2.05) is 24.3 Å². The highest BCUT2D eigenvalue weighted by Crippen LogP contribution is 2.21.